The van der Waals surface area contributed by atoms with Crippen LogP contribution < -0.4 is 5.32 Å². The number of rotatable bonds is 3. The van der Waals surface area contributed by atoms with Crippen LogP contribution in [-0.4, -0.2) is 11.1 Å². The maximum Gasteiger partial charge on any atom is 0.337 e. The molecule has 0 saturated carbocycles. The minimum Gasteiger partial charge on any atom is -0.478 e. The van der Waals surface area contributed by atoms with Crippen molar-refractivity contribution in [2.24, 2.45) is 0 Å². The zero-order valence-electron chi connectivity index (χ0n) is 10.0. The van der Waals surface area contributed by atoms with Gasteiger partial charge in [0.15, 0.2) is 0 Å². The first-order valence-electron chi connectivity index (χ1n) is 5.51. The Morgan fingerprint density at radius 2 is 1.95 bits per heavy atom. The first kappa shape index (κ1) is 14.4. The molecule has 0 radical (unpaired) electrons. The Hall–Kier alpha value is -2.03. The predicted molar refractivity (Wildman–Crippen MR) is 80.6 cm³/mol. The highest BCUT2D eigenvalue weighted by molar-refractivity contribution is 9.10. The van der Waals surface area contributed by atoms with Crippen molar-refractivity contribution in [2.45, 2.75) is 0 Å². The summed E-state index contributed by atoms with van der Waals surface area (Å²) in [6.07, 6.45) is 0. The zero-order valence-corrected chi connectivity index (χ0v) is 12.4. The van der Waals surface area contributed by atoms with Crippen LogP contribution in [0.15, 0.2) is 40.9 Å². The molecule has 0 amide bonds. The van der Waals surface area contributed by atoms with Crippen molar-refractivity contribution in [1.29, 1.82) is 5.26 Å². The van der Waals surface area contributed by atoms with Crippen LogP contribution in [0.4, 0.5) is 11.4 Å². The molecule has 0 unspecified atom stereocenters. The van der Waals surface area contributed by atoms with E-state index in [4.69, 9.17) is 22.0 Å². The van der Waals surface area contributed by atoms with Crippen LogP contribution >= 0.6 is 27.5 Å². The molecule has 4 nitrogen and oxygen atoms in total. The third kappa shape index (κ3) is 3.10. The topological polar surface area (TPSA) is 73.1 Å². The molecule has 0 bridgehead atoms. The van der Waals surface area contributed by atoms with E-state index in [1.165, 1.54) is 6.07 Å². The van der Waals surface area contributed by atoms with Gasteiger partial charge in [-0.05, 0) is 52.3 Å². The molecule has 2 rings (SSSR count). The molecular weight excluding hydrogens is 344 g/mol. The Bertz CT molecular complexity index is 726. The van der Waals surface area contributed by atoms with Gasteiger partial charge in [0.1, 0.15) is 0 Å². The Kier molecular flexibility index (Phi) is 4.28. The van der Waals surface area contributed by atoms with Crippen molar-refractivity contribution in [1.82, 2.24) is 0 Å². The first-order chi connectivity index (χ1) is 9.51. The number of nitriles is 1. The normalized spacial score (nSPS) is 9.85. The van der Waals surface area contributed by atoms with E-state index >= 15 is 0 Å². The Balaban J connectivity index is 2.40. The molecule has 2 aromatic rings. The Labute approximate surface area is 128 Å². The van der Waals surface area contributed by atoms with Crippen LogP contribution in [0.25, 0.3) is 0 Å². The van der Waals surface area contributed by atoms with Gasteiger partial charge in [0.05, 0.1) is 28.6 Å². The average molecular weight is 352 g/mol. The molecule has 0 aliphatic carbocycles. The minimum absolute atomic E-state index is 0.0776. The van der Waals surface area contributed by atoms with Gasteiger partial charge in [0.25, 0.3) is 0 Å². The number of nitrogens with zero attached hydrogens (tertiary/aromatic N) is 1. The lowest BCUT2D eigenvalue weighted by molar-refractivity contribution is 0.0698. The third-order valence-electron chi connectivity index (χ3n) is 2.58. The SMILES string of the molecule is N#Cc1ccc(Nc2ccc(Cl)cc2C(=O)O)c(Br)c1. The van der Waals surface area contributed by atoms with E-state index in [1.54, 1.807) is 30.3 Å². The maximum atomic E-state index is 11.2. The van der Waals surface area contributed by atoms with Gasteiger partial charge in [0.2, 0.25) is 0 Å². The molecule has 0 fully saturated rings. The van der Waals surface area contributed by atoms with E-state index in [0.717, 1.165) is 0 Å². The highest BCUT2D eigenvalue weighted by atomic mass is 79.9. The van der Waals surface area contributed by atoms with Crippen LogP contribution in [0.5, 0.6) is 0 Å². The van der Waals surface area contributed by atoms with E-state index < -0.39 is 5.97 Å². The van der Waals surface area contributed by atoms with Crippen molar-refractivity contribution in [3.8, 4) is 6.07 Å². The maximum absolute atomic E-state index is 11.2. The van der Waals surface area contributed by atoms with Crippen molar-refractivity contribution in [3.63, 3.8) is 0 Å². The quantitative estimate of drug-likeness (QED) is 0.858. The molecule has 0 saturated heterocycles. The number of carbonyl (C=O) groups is 1. The second kappa shape index (κ2) is 5.95. The van der Waals surface area contributed by atoms with Gasteiger partial charge in [-0.3, -0.25) is 0 Å². The summed E-state index contributed by atoms with van der Waals surface area (Å²) in [5, 5.41) is 21.3. The predicted octanol–water partition coefficient (Wildman–Crippen LogP) is 4.42. The molecule has 0 atom stereocenters. The van der Waals surface area contributed by atoms with Crippen LogP contribution in [0.1, 0.15) is 15.9 Å². The van der Waals surface area contributed by atoms with Crippen LogP contribution in [0.2, 0.25) is 5.02 Å². The molecule has 0 aromatic heterocycles. The molecule has 100 valence electrons. The molecule has 2 aromatic carbocycles. The number of halogens is 2. The number of hydrogen-bond donors (Lipinski definition) is 2. The molecule has 6 heteroatoms. The van der Waals surface area contributed by atoms with Crippen LogP contribution in [0.3, 0.4) is 0 Å². The van der Waals surface area contributed by atoms with Gasteiger partial charge in [0, 0.05) is 9.50 Å². The number of benzene rings is 2. The van der Waals surface area contributed by atoms with E-state index in [1.807, 2.05) is 6.07 Å². The summed E-state index contributed by atoms with van der Waals surface area (Å²) < 4.78 is 0.669. The Morgan fingerprint density at radius 1 is 1.25 bits per heavy atom. The zero-order chi connectivity index (χ0) is 14.7. The van der Waals surface area contributed by atoms with Gasteiger partial charge < -0.3 is 10.4 Å². The van der Waals surface area contributed by atoms with Crippen LogP contribution in [-0.2, 0) is 0 Å². The van der Waals surface area contributed by atoms with Crippen molar-refractivity contribution in [2.75, 3.05) is 5.32 Å². The fourth-order valence-electron chi connectivity index (χ4n) is 1.63. The largest absolute Gasteiger partial charge is 0.478 e. The smallest absolute Gasteiger partial charge is 0.337 e. The Morgan fingerprint density at radius 3 is 2.55 bits per heavy atom. The second-order valence-corrected chi connectivity index (χ2v) is 5.22. The highest BCUT2D eigenvalue weighted by Crippen LogP contribution is 2.29. The second-order valence-electron chi connectivity index (χ2n) is 3.93. The highest BCUT2D eigenvalue weighted by Gasteiger charge is 2.12. The lowest BCUT2D eigenvalue weighted by Crippen LogP contribution is -2.03. The summed E-state index contributed by atoms with van der Waals surface area (Å²) in [6, 6.07) is 11.6. The van der Waals surface area contributed by atoms with Crippen LogP contribution in [0, 0.1) is 11.3 Å². The average Bonchev–Trinajstić information content (AvgIpc) is 2.42. The monoisotopic (exact) mass is 350 g/mol. The summed E-state index contributed by atoms with van der Waals surface area (Å²) in [7, 11) is 0. The van der Waals surface area contributed by atoms with Gasteiger partial charge in [-0.2, -0.15) is 5.26 Å². The fraction of sp³-hybridized carbons (Fsp3) is 0. The molecule has 20 heavy (non-hydrogen) atoms. The molecule has 2 N–H and O–H groups in total. The number of aromatic carboxylic acids is 1. The fourth-order valence-corrected chi connectivity index (χ4v) is 2.28. The summed E-state index contributed by atoms with van der Waals surface area (Å²) in [6.45, 7) is 0. The number of carboxylic acid groups (broad SMARTS) is 1. The van der Waals surface area contributed by atoms with E-state index in [-0.39, 0.29) is 5.56 Å². The summed E-state index contributed by atoms with van der Waals surface area (Å²) >= 11 is 9.13. The summed E-state index contributed by atoms with van der Waals surface area (Å²) in [5.74, 6) is -1.07. The number of anilines is 2. The molecule has 0 aliphatic heterocycles. The van der Waals surface area contributed by atoms with E-state index in [2.05, 4.69) is 21.2 Å². The standard InChI is InChI=1S/C14H8BrClN2O2/c15-11-5-8(7-17)1-3-13(11)18-12-4-2-9(16)6-10(12)14(19)20/h1-6,18H,(H,19,20). The number of nitrogens with one attached hydrogen (secondary N) is 1. The van der Waals surface area contributed by atoms with Crippen molar-refractivity contribution in [3.05, 3.63) is 57.0 Å². The van der Waals surface area contributed by atoms with Gasteiger partial charge in [-0.25, -0.2) is 4.79 Å². The molecule has 0 heterocycles. The minimum atomic E-state index is -1.07. The lowest BCUT2D eigenvalue weighted by Gasteiger charge is -2.11. The first-order valence-corrected chi connectivity index (χ1v) is 6.68. The van der Waals surface area contributed by atoms with Gasteiger partial charge in [-0.1, -0.05) is 11.6 Å². The summed E-state index contributed by atoms with van der Waals surface area (Å²) in [4.78, 5) is 11.2. The van der Waals surface area contributed by atoms with Crippen molar-refractivity contribution >= 4 is 44.9 Å². The number of carboxylic acids is 1. The number of hydrogen-bond acceptors (Lipinski definition) is 3. The molecule has 0 aliphatic rings. The summed E-state index contributed by atoms with van der Waals surface area (Å²) in [5.41, 5.74) is 1.67. The van der Waals surface area contributed by atoms with E-state index in [0.29, 0.717) is 26.4 Å². The van der Waals surface area contributed by atoms with Gasteiger partial charge >= 0.3 is 5.97 Å². The van der Waals surface area contributed by atoms with Crippen molar-refractivity contribution < 1.29 is 9.90 Å². The van der Waals surface area contributed by atoms with Gasteiger partial charge in [-0.15, -0.1) is 0 Å². The molecule has 0 spiro atoms. The molecular formula is C14H8BrClN2O2. The van der Waals surface area contributed by atoms with E-state index in [9.17, 15) is 4.79 Å². The lowest BCUT2D eigenvalue weighted by atomic mass is 10.1. The third-order valence-corrected chi connectivity index (χ3v) is 3.47.